The molecule has 0 aromatic heterocycles. The molecule has 1 atom stereocenters. The van der Waals surface area contributed by atoms with E-state index < -0.39 is 0 Å². The molecule has 3 heteroatoms. The highest BCUT2D eigenvalue weighted by molar-refractivity contribution is 5.81. The summed E-state index contributed by atoms with van der Waals surface area (Å²) in [6, 6.07) is 17.1. The number of benzene rings is 2. The number of hydrogen-bond acceptors (Lipinski definition) is 2. The Balaban J connectivity index is 1.34. The number of carbonyl (C=O) groups is 1. The molecule has 2 fully saturated rings. The number of nitrogens with one attached hydrogen (secondary N) is 1. The van der Waals surface area contributed by atoms with Crippen LogP contribution < -0.4 is 10.1 Å². The normalized spacial score (nSPS) is 17.8. The maximum absolute atomic E-state index is 11.8. The van der Waals surface area contributed by atoms with Crippen molar-refractivity contribution in [1.29, 1.82) is 0 Å². The fourth-order valence-electron chi connectivity index (χ4n) is 3.05. The molecule has 0 saturated heterocycles. The summed E-state index contributed by atoms with van der Waals surface area (Å²) in [5.41, 5.74) is 3.65. The molecule has 2 saturated carbocycles. The van der Waals surface area contributed by atoms with E-state index in [0.29, 0.717) is 6.10 Å². The Morgan fingerprint density at radius 1 is 1.00 bits per heavy atom. The van der Waals surface area contributed by atoms with Gasteiger partial charge in [-0.25, -0.2) is 0 Å². The highest BCUT2D eigenvalue weighted by atomic mass is 16.5. The van der Waals surface area contributed by atoms with Gasteiger partial charge in [0, 0.05) is 12.0 Å². The molecule has 0 spiro atoms. The van der Waals surface area contributed by atoms with Crippen LogP contribution in [-0.4, -0.2) is 18.1 Å². The van der Waals surface area contributed by atoms with Crippen LogP contribution in [0.2, 0.25) is 0 Å². The van der Waals surface area contributed by atoms with Crippen LogP contribution in [0.25, 0.3) is 11.1 Å². The minimum absolute atomic E-state index is 0.179. The fraction of sp³-hybridized carbons (Fsp3) is 0.409. The van der Waals surface area contributed by atoms with Gasteiger partial charge in [-0.15, -0.1) is 0 Å². The van der Waals surface area contributed by atoms with Gasteiger partial charge in [0.05, 0.1) is 6.10 Å². The molecule has 4 rings (SSSR count). The van der Waals surface area contributed by atoms with Crippen LogP contribution in [0.4, 0.5) is 0 Å². The highest BCUT2D eigenvalue weighted by Gasteiger charge is 2.30. The molecule has 0 aliphatic heterocycles. The summed E-state index contributed by atoms with van der Waals surface area (Å²) in [6.07, 6.45) is 5.78. The maximum Gasteiger partial charge on any atom is 0.223 e. The lowest BCUT2D eigenvalue weighted by Gasteiger charge is -2.14. The predicted molar refractivity (Wildman–Crippen MR) is 99.6 cm³/mol. The lowest BCUT2D eigenvalue weighted by atomic mass is 10.0. The Morgan fingerprint density at radius 3 is 2.16 bits per heavy atom. The van der Waals surface area contributed by atoms with Crippen LogP contribution in [0.3, 0.4) is 0 Å². The van der Waals surface area contributed by atoms with Gasteiger partial charge in [-0.2, -0.15) is 0 Å². The van der Waals surface area contributed by atoms with Crippen molar-refractivity contribution in [1.82, 2.24) is 5.32 Å². The Bertz CT molecular complexity index is 728. The number of hydrogen-bond donors (Lipinski definition) is 1. The van der Waals surface area contributed by atoms with E-state index in [2.05, 4.69) is 60.8 Å². The van der Waals surface area contributed by atoms with E-state index in [0.717, 1.165) is 25.0 Å². The van der Waals surface area contributed by atoms with E-state index in [1.807, 2.05) is 0 Å². The molecule has 0 bridgehead atoms. The van der Waals surface area contributed by atoms with Crippen molar-refractivity contribution in [2.75, 3.05) is 0 Å². The van der Waals surface area contributed by atoms with Crippen molar-refractivity contribution in [2.24, 2.45) is 5.92 Å². The van der Waals surface area contributed by atoms with Crippen molar-refractivity contribution in [3.8, 4) is 16.9 Å². The maximum atomic E-state index is 11.8. The Kier molecular flexibility index (Phi) is 4.48. The summed E-state index contributed by atoms with van der Waals surface area (Å²) in [5.74, 6) is 1.46. The van der Waals surface area contributed by atoms with Crippen LogP contribution in [-0.2, 0) is 11.2 Å². The Hall–Kier alpha value is -2.29. The third-order valence-electron chi connectivity index (χ3n) is 4.85. The predicted octanol–water partition coefficient (Wildman–Crippen LogP) is 4.35. The van der Waals surface area contributed by atoms with Gasteiger partial charge in [0.25, 0.3) is 0 Å². The van der Waals surface area contributed by atoms with Crippen LogP contribution in [0.1, 0.15) is 38.2 Å². The van der Waals surface area contributed by atoms with Gasteiger partial charge in [0.1, 0.15) is 5.75 Å². The summed E-state index contributed by atoms with van der Waals surface area (Å²) in [5, 5.41) is 3.11. The zero-order chi connectivity index (χ0) is 17.2. The Morgan fingerprint density at radius 2 is 1.60 bits per heavy atom. The molecule has 25 heavy (non-hydrogen) atoms. The van der Waals surface area contributed by atoms with Crippen LogP contribution in [0.5, 0.6) is 5.75 Å². The number of carbonyl (C=O) groups excluding carboxylic acids is 1. The van der Waals surface area contributed by atoms with E-state index >= 15 is 0 Å². The van der Waals surface area contributed by atoms with Crippen LogP contribution >= 0.6 is 0 Å². The van der Waals surface area contributed by atoms with Gasteiger partial charge in [-0.3, -0.25) is 4.79 Å². The number of amides is 1. The summed E-state index contributed by atoms with van der Waals surface area (Å²) >= 11 is 0. The van der Waals surface area contributed by atoms with Crippen LogP contribution in [0, 0.1) is 5.92 Å². The molecule has 0 radical (unpaired) electrons. The molecule has 130 valence electrons. The number of ether oxygens (including phenoxy) is 1. The van der Waals surface area contributed by atoms with Gasteiger partial charge in [0.2, 0.25) is 5.91 Å². The third kappa shape index (κ3) is 4.41. The van der Waals surface area contributed by atoms with Crippen molar-refractivity contribution in [3.05, 3.63) is 54.1 Å². The molecule has 3 nitrogen and oxygen atoms in total. The lowest BCUT2D eigenvalue weighted by molar-refractivity contribution is -0.122. The van der Waals surface area contributed by atoms with E-state index in [1.54, 1.807) is 0 Å². The van der Waals surface area contributed by atoms with Crippen molar-refractivity contribution < 1.29 is 9.53 Å². The first-order valence-corrected chi connectivity index (χ1v) is 9.34. The van der Waals surface area contributed by atoms with Crippen molar-refractivity contribution >= 4 is 5.91 Å². The minimum atomic E-state index is 0.179. The van der Waals surface area contributed by atoms with Gasteiger partial charge < -0.3 is 10.1 Å². The van der Waals surface area contributed by atoms with Gasteiger partial charge in [0.15, 0.2) is 0 Å². The quantitative estimate of drug-likeness (QED) is 0.817. The lowest BCUT2D eigenvalue weighted by Crippen LogP contribution is -2.35. The third-order valence-corrected chi connectivity index (χ3v) is 4.85. The molecular formula is C22H25NO2. The molecule has 2 aliphatic rings. The molecule has 1 unspecified atom stereocenters. The van der Waals surface area contributed by atoms with Gasteiger partial charge >= 0.3 is 0 Å². The van der Waals surface area contributed by atoms with Crippen molar-refractivity contribution in [2.45, 2.75) is 51.2 Å². The Labute approximate surface area is 149 Å². The zero-order valence-corrected chi connectivity index (χ0v) is 14.7. The minimum Gasteiger partial charge on any atom is -0.490 e. The first-order chi connectivity index (χ1) is 12.2. The smallest absolute Gasteiger partial charge is 0.223 e. The van der Waals surface area contributed by atoms with E-state index in [4.69, 9.17) is 4.74 Å². The van der Waals surface area contributed by atoms with E-state index in [-0.39, 0.29) is 17.9 Å². The summed E-state index contributed by atoms with van der Waals surface area (Å²) in [6.45, 7) is 2.08. The molecule has 2 aromatic rings. The van der Waals surface area contributed by atoms with Gasteiger partial charge in [-0.05, 0) is 67.9 Å². The van der Waals surface area contributed by atoms with Crippen molar-refractivity contribution in [3.63, 3.8) is 0 Å². The molecule has 1 N–H and O–H groups in total. The van der Waals surface area contributed by atoms with E-state index in [9.17, 15) is 4.79 Å². The molecule has 2 aromatic carbocycles. The second-order valence-electron chi connectivity index (χ2n) is 7.43. The molecule has 1 amide bonds. The second kappa shape index (κ2) is 6.91. The average Bonchev–Trinajstić information content (AvgIpc) is 3.50. The van der Waals surface area contributed by atoms with Gasteiger partial charge in [-0.1, -0.05) is 36.4 Å². The molecular weight excluding hydrogens is 310 g/mol. The summed E-state index contributed by atoms with van der Waals surface area (Å²) in [4.78, 5) is 11.8. The molecule has 2 aliphatic carbocycles. The van der Waals surface area contributed by atoms with E-state index in [1.165, 1.54) is 29.5 Å². The first kappa shape index (κ1) is 16.2. The average molecular weight is 335 g/mol. The standard InChI is InChI=1S/C22H25NO2/c1-15(23-22(24)19-6-7-19)14-16-2-4-17(5-3-16)18-8-10-20(11-9-18)25-21-12-13-21/h2-5,8-11,15,19,21H,6-7,12-14H2,1H3,(H,23,24). The molecule has 0 heterocycles. The highest BCUT2D eigenvalue weighted by Crippen LogP contribution is 2.30. The monoisotopic (exact) mass is 335 g/mol. The number of rotatable bonds is 7. The largest absolute Gasteiger partial charge is 0.490 e. The summed E-state index contributed by atoms with van der Waals surface area (Å²) in [7, 11) is 0. The fourth-order valence-corrected chi connectivity index (χ4v) is 3.05. The first-order valence-electron chi connectivity index (χ1n) is 9.34. The summed E-state index contributed by atoms with van der Waals surface area (Å²) < 4.78 is 5.80. The van der Waals surface area contributed by atoms with Crippen LogP contribution in [0.15, 0.2) is 48.5 Å². The zero-order valence-electron chi connectivity index (χ0n) is 14.7. The topological polar surface area (TPSA) is 38.3 Å². The second-order valence-corrected chi connectivity index (χ2v) is 7.43. The SMILES string of the molecule is CC(Cc1ccc(-c2ccc(OC3CC3)cc2)cc1)NC(=O)C1CC1.